The lowest BCUT2D eigenvalue weighted by molar-refractivity contribution is -0.124. The first kappa shape index (κ1) is 23.0. The smallest absolute Gasteiger partial charge is 0.407 e. The van der Waals surface area contributed by atoms with E-state index >= 15 is 0 Å². The Bertz CT molecular complexity index is 1040. The van der Waals surface area contributed by atoms with Crippen LogP contribution in [-0.2, 0) is 11.2 Å². The van der Waals surface area contributed by atoms with Crippen molar-refractivity contribution >= 4 is 29.4 Å². The molecule has 0 aliphatic heterocycles. The van der Waals surface area contributed by atoms with Crippen LogP contribution in [0.2, 0.25) is 0 Å². The van der Waals surface area contributed by atoms with Crippen molar-refractivity contribution in [3.05, 3.63) is 46.9 Å². The zero-order chi connectivity index (χ0) is 23.4. The fourth-order valence-corrected chi connectivity index (χ4v) is 3.30. The van der Waals surface area contributed by atoms with E-state index in [9.17, 15) is 14.4 Å². The Hall–Kier alpha value is -3.69. The number of hydrogen-bond donors (Lipinski definition) is 4. The summed E-state index contributed by atoms with van der Waals surface area (Å²) >= 11 is 0. The average molecular weight is 441 g/mol. The van der Waals surface area contributed by atoms with Crippen molar-refractivity contribution in [1.82, 2.24) is 20.2 Å². The molecule has 5 N–H and O–H groups in total. The summed E-state index contributed by atoms with van der Waals surface area (Å²) in [5.41, 5.74) is 8.87. The molecule has 1 fully saturated rings. The maximum Gasteiger partial charge on any atom is 0.407 e. The molecule has 0 spiro atoms. The number of aryl methyl sites for hydroxylation is 1. The van der Waals surface area contributed by atoms with Crippen LogP contribution in [0.25, 0.3) is 0 Å². The maximum absolute atomic E-state index is 12.1. The number of nitrogens with zero attached hydrogens (tertiary/aromatic N) is 3. The van der Waals surface area contributed by atoms with Gasteiger partial charge in [0.2, 0.25) is 5.91 Å². The highest BCUT2D eigenvalue weighted by Gasteiger charge is 2.29. The fraction of sp³-hybridized carbons (Fsp3) is 0.409. The molecule has 1 aliphatic carbocycles. The molecule has 10 nitrogen and oxygen atoms in total. The van der Waals surface area contributed by atoms with Gasteiger partial charge >= 0.3 is 6.09 Å². The van der Waals surface area contributed by atoms with Crippen LogP contribution in [0.4, 0.5) is 16.3 Å². The van der Waals surface area contributed by atoms with E-state index in [1.54, 1.807) is 0 Å². The molecule has 1 aromatic heterocycles. The van der Waals surface area contributed by atoms with Crippen LogP contribution < -0.4 is 16.4 Å². The largest absolute Gasteiger partial charge is 0.465 e. The van der Waals surface area contributed by atoms with Gasteiger partial charge in [0.25, 0.3) is 5.91 Å². The predicted octanol–water partition coefficient (Wildman–Crippen LogP) is 2.16. The molecule has 32 heavy (non-hydrogen) atoms. The Morgan fingerprint density at radius 2 is 2.00 bits per heavy atom. The number of anilines is 2. The van der Waals surface area contributed by atoms with E-state index in [2.05, 4.69) is 20.6 Å². The van der Waals surface area contributed by atoms with Crippen LogP contribution in [-0.4, -0.2) is 57.5 Å². The number of nitrogens with two attached hydrogens (primary N) is 1. The highest BCUT2D eigenvalue weighted by atomic mass is 16.4. The minimum Gasteiger partial charge on any atom is -0.465 e. The normalized spacial score (nSPS) is 13.8. The van der Waals surface area contributed by atoms with Gasteiger partial charge in [-0.1, -0.05) is 12.1 Å². The second kappa shape index (κ2) is 9.63. The van der Waals surface area contributed by atoms with Crippen molar-refractivity contribution in [1.29, 1.82) is 0 Å². The third kappa shape index (κ3) is 5.51. The molecule has 2 aromatic rings. The van der Waals surface area contributed by atoms with E-state index in [1.807, 2.05) is 31.2 Å². The zero-order valence-corrected chi connectivity index (χ0v) is 18.4. The van der Waals surface area contributed by atoms with E-state index in [4.69, 9.17) is 10.8 Å². The summed E-state index contributed by atoms with van der Waals surface area (Å²) in [4.78, 5) is 44.9. The Morgan fingerprint density at radius 1 is 1.28 bits per heavy atom. The average Bonchev–Trinajstić information content (AvgIpc) is 3.58. The second-order valence-electron chi connectivity index (χ2n) is 7.97. The molecule has 170 valence electrons. The molecular weight excluding hydrogens is 412 g/mol. The maximum atomic E-state index is 12.1. The van der Waals surface area contributed by atoms with Gasteiger partial charge in [-0.3, -0.25) is 14.5 Å². The number of hydrogen-bond acceptors (Lipinski definition) is 6. The molecule has 1 atom stereocenters. The molecule has 0 unspecified atom stereocenters. The number of likely N-dealkylation sites (N-methyl/N-ethyl adjacent to an activating group) is 1. The highest BCUT2D eigenvalue weighted by Crippen LogP contribution is 2.40. The fourth-order valence-electron chi connectivity index (χ4n) is 3.30. The van der Waals surface area contributed by atoms with Crippen LogP contribution in [0.5, 0.6) is 0 Å². The molecule has 10 heteroatoms. The second-order valence-corrected chi connectivity index (χ2v) is 7.97. The molecule has 1 aliphatic rings. The van der Waals surface area contributed by atoms with Crippen molar-refractivity contribution in [3.8, 4) is 0 Å². The Labute approximate surface area is 186 Å². The van der Waals surface area contributed by atoms with Gasteiger partial charge in [-0.2, -0.15) is 0 Å². The summed E-state index contributed by atoms with van der Waals surface area (Å²) in [7, 11) is 1.35. The SMILES string of the molecule is Cc1nc(C(N)=O)c(Nc2cccc(CCNC(=O)[C@H](C)N(C)C(=O)O)c2)nc1C1CC1. The van der Waals surface area contributed by atoms with Crippen LogP contribution in [0.15, 0.2) is 24.3 Å². The van der Waals surface area contributed by atoms with Gasteiger partial charge in [-0.05, 0) is 50.8 Å². The van der Waals surface area contributed by atoms with Gasteiger partial charge < -0.3 is 21.5 Å². The third-order valence-electron chi connectivity index (χ3n) is 5.47. The molecule has 0 radical (unpaired) electrons. The van der Waals surface area contributed by atoms with Crippen molar-refractivity contribution in [3.63, 3.8) is 0 Å². The van der Waals surface area contributed by atoms with Gasteiger partial charge in [0.1, 0.15) is 6.04 Å². The first-order valence-corrected chi connectivity index (χ1v) is 10.4. The van der Waals surface area contributed by atoms with Crippen molar-refractivity contribution < 1.29 is 19.5 Å². The van der Waals surface area contributed by atoms with Gasteiger partial charge in [0.15, 0.2) is 11.5 Å². The lowest BCUT2D eigenvalue weighted by Crippen LogP contribution is -2.45. The monoisotopic (exact) mass is 440 g/mol. The lowest BCUT2D eigenvalue weighted by Gasteiger charge is -2.20. The van der Waals surface area contributed by atoms with E-state index < -0.39 is 18.0 Å². The Balaban J connectivity index is 1.67. The zero-order valence-electron chi connectivity index (χ0n) is 18.4. The van der Waals surface area contributed by atoms with Crippen LogP contribution >= 0.6 is 0 Å². The Kier molecular flexibility index (Phi) is 6.92. The number of aromatic nitrogens is 2. The minimum atomic E-state index is -1.16. The number of primary amides is 1. The number of nitrogens with one attached hydrogen (secondary N) is 2. The molecule has 3 rings (SSSR count). The topological polar surface area (TPSA) is 151 Å². The molecule has 1 aromatic carbocycles. The van der Waals surface area contributed by atoms with Crippen molar-refractivity contribution in [2.75, 3.05) is 18.9 Å². The molecule has 1 heterocycles. The first-order valence-electron chi connectivity index (χ1n) is 10.4. The number of carbonyl (C=O) groups excluding carboxylic acids is 2. The first-order chi connectivity index (χ1) is 15.2. The van der Waals surface area contributed by atoms with E-state index in [0.717, 1.165) is 40.4 Å². The summed E-state index contributed by atoms with van der Waals surface area (Å²) < 4.78 is 0. The number of carboxylic acid groups (broad SMARTS) is 1. The molecule has 0 saturated heterocycles. The van der Waals surface area contributed by atoms with Gasteiger partial charge in [0, 0.05) is 25.2 Å². The highest BCUT2D eigenvalue weighted by molar-refractivity contribution is 5.96. The minimum absolute atomic E-state index is 0.0982. The number of rotatable bonds is 9. The standard InChI is InChI=1S/C22H28N6O4/c1-12-17(15-7-8-15)27-20(18(25-12)19(23)29)26-16-6-4-5-14(11-16)9-10-24-21(30)13(2)28(3)22(31)32/h4-6,11,13,15H,7-10H2,1-3H3,(H2,23,29)(H,24,30)(H,26,27)(H,31,32)/t13-/m0/s1. The summed E-state index contributed by atoms with van der Waals surface area (Å²) in [6.07, 6.45) is 1.51. The number of benzene rings is 1. The summed E-state index contributed by atoms with van der Waals surface area (Å²) in [6.45, 7) is 3.71. The molecule has 1 saturated carbocycles. The summed E-state index contributed by atoms with van der Waals surface area (Å²) in [5, 5.41) is 14.9. The van der Waals surface area contributed by atoms with Gasteiger partial charge in [-0.25, -0.2) is 14.8 Å². The lowest BCUT2D eigenvalue weighted by atomic mass is 10.1. The van der Waals surface area contributed by atoms with Crippen LogP contribution in [0.3, 0.4) is 0 Å². The molecule has 0 bridgehead atoms. The van der Waals surface area contributed by atoms with Crippen LogP contribution in [0.1, 0.15) is 53.1 Å². The van der Waals surface area contributed by atoms with Crippen molar-refractivity contribution in [2.24, 2.45) is 5.73 Å². The third-order valence-corrected chi connectivity index (χ3v) is 5.47. The van der Waals surface area contributed by atoms with Gasteiger partial charge in [-0.15, -0.1) is 0 Å². The number of carbonyl (C=O) groups is 3. The summed E-state index contributed by atoms with van der Waals surface area (Å²) in [6, 6.07) is 6.72. The summed E-state index contributed by atoms with van der Waals surface area (Å²) in [5.74, 6) is -0.300. The quantitative estimate of drug-likeness (QED) is 0.466. The molecule has 3 amide bonds. The van der Waals surface area contributed by atoms with Gasteiger partial charge in [0.05, 0.1) is 11.4 Å². The van der Waals surface area contributed by atoms with E-state index in [0.29, 0.717) is 24.7 Å². The Morgan fingerprint density at radius 3 is 2.62 bits per heavy atom. The predicted molar refractivity (Wildman–Crippen MR) is 119 cm³/mol. The van der Waals surface area contributed by atoms with E-state index in [-0.39, 0.29) is 11.6 Å². The van der Waals surface area contributed by atoms with Crippen molar-refractivity contribution in [2.45, 2.75) is 45.1 Å². The molecular formula is C22H28N6O4. The van der Waals surface area contributed by atoms with E-state index in [1.165, 1.54) is 14.0 Å². The number of amides is 3. The van der Waals surface area contributed by atoms with Crippen LogP contribution in [0, 0.1) is 6.92 Å².